The van der Waals surface area contributed by atoms with Crippen LogP contribution in [0.1, 0.15) is 18.4 Å². The molecule has 3 fully saturated rings. The summed E-state index contributed by atoms with van der Waals surface area (Å²) in [6.45, 7) is 2.47. The molecule has 1 aromatic rings. The molecule has 3 aliphatic rings. The molecular formula is C12H14BrN. The molecule has 1 nitrogen and oxygen atoms in total. The van der Waals surface area contributed by atoms with Crippen LogP contribution in [0.25, 0.3) is 0 Å². The molecule has 0 radical (unpaired) electrons. The normalized spacial score (nSPS) is 30.4. The van der Waals surface area contributed by atoms with Gasteiger partial charge in [-0.05, 0) is 36.5 Å². The van der Waals surface area contributed by atoms with Crippen LogP contribution in [0, 0.1) is 5.92 Å². The van der Waals surface area contributed by atoms with E-state index in [9.17, 15) is 0 Å². The van der Waals surface area contributed by atoms with Gasteiger partial charge in [0, 0.05) is 23.6 Å². The molecule has 2 aliphatic heterocycles. The minimum absolute atomic E-state index is 0.902. The van der Waals surface area contributed by atoms with Gasteiger partial charge < -0.3 is 0 Å². The maximum absolute atomic E-state index is 3.52. The van der Waals surface area contributed by atoms with Crippen molar-refractivity contribution in [3.05, 3.63) is 34.3 Å². The Bertz CT molecular complexity index is 344. The fraction of sp³-hybridized carbons (Fsp3) is 0.500. The highest BCUT2D eigenvalue weighted by atomic mass is 79.9. The molecule has 0 N–H and O–H groups in total. The number of hydrogen-bond acceptors (Lipinski definition) is 1. The molecule has 4 rings (SSSR count). The van der Waals surface area contributed by atoms with E-state index in [1.165, 1.54) is 29.4 Å². The molecule has 2 heterocycles. The molecule has 0 unspecified atom stereocenters. The van der Waals surface area contributed by atoms with Crippen molar-refractivity contribution in [3.8, 4) is 0 Å². The lowest BCUT2D eigenvalue weighted by molar-refractivity contribution is 0.240. The molecular weight excluding hydrogens is 238 g/mol. The summed E-state index contributed by atoms with van der Waals surface area (Å²) in [4.78, 5) is 2.63. The van der Waals surface area contributed by atoms with E-state index in [-0.39, 0.29) is 0 Å². The van der Waals surface area contributed by atoms with Gasteiger partial charge in [-0.2, -0.15) is 0 Å². The van der Waals surface area contributed by atoms with Gasteiger partial charge in [0.2, 0.25) is 0 Å². The number of rotatable bonds is 2. The summed E-state index contributed by atoms with van der Waals surface area (Å²) in [7, 11) is 0. The molecule has 1 saturated carbocycles. The van der Waals surface area contributed by atoms with Crippen LogP contribution in [0.3, 0.4) is 0 Å². The molecule has 1 aromatic carbocycles. The topological polar surface area (TPSA) is 3.24 Å². The van der Waals surface area contributed by atoms with Crippen molar-refractivity contribution in [3.63, 3.8) is 0 Å². The van der Waals surface area contributed by atoms with E-state index in [4.69, 9.17) is 0 Å². The first-order valence-electron chi connectivity index (χ1n) is 5.30. The lowest BCUT2D eigenvalue weighted by Gasteiger charge is -2.25. The van der Waals surface area contributed by atoms with Gasteiger partial charge in [-0.1, -0.05) is 28.1 Å². The number of benzene rings is 1. The number of nitrogens with zero attached hydrogens (tertiary/aromatic N) is 1. The summed E-state index contributed by atoms with van der Waals surface area (Å²) in [5.41, 5.74) is 1.44. The maximum Gasteiger partial charge on any atom is 0.0237 e. The third kappa shape index (κ3) is 1.51. The highest BCUT2D eigenvalue weighted by Crippen LogP contribution is 2.41. The molecule has 74 valence electrons. The maximum atomic E-state index is 3.52. The van der Waals surface area contributed by atoms with E-state index in [0.717, 1.165) is 18.5 Å². The number of halogens is 1. The Morgan fingerprint density at radius 2 is 2.21 bits per heavy atom. The SMILES string of the molecule is Brc1cccc(CN2CC3CC2C3)c1. The van der Waals surface area contributed by atoms with E-state index in [1.807, 2.05) is 0 Å². The summed E-state index contributed by atoms with van der Waals surface area (Å²) in [5, 5.41) is 0. The molecule has 2 saturated heterocycles. The fourth-order valence-electron chi connectivity index (χ4n) is 2.69. The van der Waals surface area contributed by atoms with Crippen molar-refractivity contribution in [2.45, 2.75) is 25.4 Å². The van der Waals surface area contributed by atoms with Gasteiger partial charge in [-0.25, -0.2) is 0 Å². The van der Waals surface area contributed by atoms with Crippen LogP contribution in [0.2, 0.25) is 0 Å². The quantitative estimate of drug-likeness (QED) is 0.782. The Labute approximate surface area is 93.2 Å². The Kier molecular flexibility index (Phi) is 2.14. The van der Waals surface area contributed by atoms with E-state index in [2.05, 4.69) is 45.1 Å². The molecule has 0 atom stereocenters. The van der Waals surface area contributed by atoms with Gasteiger partial charge in [-0.15, -0.1) is 0 Å². The van der Waals surface area contributed by atoms with Gasteiger partial charge in [0.1, 0.15) is 0 Å². The number of hydrogen-bond donors (Lipinski definition) is 0. The van der Waals surface area contributed by atoms with Crippen molar-refractivity contribution in [1.29, 1.82) is 0 Å². The van der Waals surface area contributed by atoms with Crippen LogP contribution in [0.5, 0.6) is 0 Å². The van der Waals surface area contributed by atoms with Crippen LogP contribution in [-0.2, 0) is 6.54 Å². The van der Waals surface area contributed by atoms with Crippen molar-refractivity contribution in [2.75, 3.05) is 6.54 Å². The van der Waals surface area contributed by atoms with Gasteiger partial charge >= 0.3 is 0 Å². The molecule has 1 aliphatic carbocycles. The summed E-state index contributed by atoms with van der Waals surface area (Å²) in [5.74, 6) is 1.02. The highest BCUT2D eigenvalue weighted by molar-refractivity contribution is 9.10. The third-order valence-electron chi connectivity index (χ3n) is 3.49. The van der Waals surface area contributed by atoms with Gasteiger partial charge in [0.25, 0.3) is 0 Å². The predicted octanol–water partition coefficient (Wildman–Crippen LogP) is 3.04. The lowest BCUT2D eigenvalue weighted by Crippen LogP contribution is -2.28. The second-order valence-electron chi connectivity index (χ2n) is 4.55. The standard InChI is InChI=1S/C12H14BrN/c13-11-3-1-2-9(4-11)7-14-8-10-5-12(14)6-10/h1-4,10,12H,5-8H2. The minimum atomic E-state index is 0.902. The largest absolute Gasteiger partial charge is 0.296 e. The van der Waals surface area contributed by atoms with E-state index in [1.54, 1.807) is 0 Å². The van der Waals surface area contributed by atoms with E-state index >= 15 is 0 Å². The molecule has 0 aromatic heterocycles. The summed E-state index contributed by atoms with van der Waals surface area (Å²) in [6.07, 6.45) is 2.90. The second-order valence-corrected chi connectivity index (χ2v) is 5.47. The minimum Gasteiger partial charge on any atom is -0.296 e. The van der Waals surface area contributed by atoms with Crippen LogP contribution in [0.4, 0.5) is 0 Å². The summed E-state index contributed by atoms with van der Waals surface area (Å²) in [6, 6.07) is 9.57. The van der Waals surface area contributed by atoms with Crippen molar-refractivity contribution in [2.24, 2.45) is 5.92 Å². The van der Waals surface area contributed by atoms with Crippen molar-refractivity contribution >= 4 is 15.9 Å². The van der Waals surface area contributed by atoms with Crippen molar-refractivity contribution < 1.29 is 0 Å². The highest BCUT2D eigenvalue weighted by Gasteiger charge is 2.42. The monoisotopic (exact) mass is 251 g/mol. The van der Waals surface area contributed by atoms with Gasteiger partial charge in [0.15, 0.2) is 0 Å². The van der Waals surface area contributed by atoms with Crippen LogP contribution < -0.4 is 0 Å². The van der Waals surface area contributed by atoms with Crippen molar-refractivity contribution in [1.82, 2.24) is 4.90 Å². The zero-order valence-corrected chi connectivity index (χ0v) is 9.70. The lowest BCUT2D eigenvalue weighted by atomic mass is 9.86. The average molecular weight is 252 g/mol. The Balaban J connectivity index is 1.72. The Morgan fingerprint density at radius 3 is 2.86 bits per heavy atom. The first-order valence-corrected chi connectivity index (χ1v) is 6.09. The summed E-state index contributed by atoms with van der Waals surface area (Å²) >= 11 is 3.52. The van der Waals surface area contributed by atoms with Crippen LogP contribution in [-0.4, -0.2) is 17.5 Å². The van der Waals surface area contributed by atoms with E-state index < -0.39 is 0 Å². The zero-order chi connectivity index (χ0) is 9.54. The Hall–Kier alpha value is -0.340. The first kappa shape index (κ1) is 8.93. The van der Waals surface area contributed by atoms with Gasteiger partial charge in [0.05, 0.1) is 0 Å². The van der Waals surface area contributed by atoms with E-state index in [0.29, 0.717) is 0 Å². The molecule has 14 heavy (non-hydrogen) atoms. The average Bonchev–Trinajstić information content (AvgIpc) is 2.61. The second kappa shape index (κ2) is 3.35. The molecule has 0 spiro atoms. The fourth-order valence-corrected chi connectivity index (χ4v) is 3.14. The molecule has 0 amide bonds. The first-order chi connectivity index (χ1) is 6.81. The number of fused-ring (bicyclic) bond motifs is 1. The zero-order valence-electron chi connectivity index (χ0n) is 8.12. The third-order valence-corrected chi connectivity index (χ3v) is 3.99. The Morgan fingerprint density at radius 1 is 1.36 bits per heavy atom. The van der Waals surface area contributed by atoms with Gasteiger partial charge in [-0.3, -0.25) is 4.90 Å². The van der Waals surface area contributed by atoms with Crippen LogP contribution >= 0.6 is 15.9 Å². The summed E-state index contributed by atoms with van der Waals surface area (Å²) < 4.78 is 1.20. The smallest absolute Gasteiger partial charge is 0.0237 e. The van der Waals surface area contributed by atoms with Crippen LogP contribution in [0.15, 0.2) is 28.7 Å². The molecule has 2 heteroatoms. The predicted molar refractivity (Wildman–Crippen MR) is 61.1 cm³/mol. The molecule has 2 bridgehead atoms.